The molecule has 0 radical (unpaired) electrons. The Morgan fingerprint density at radius 3 is 2.55 bits per heavy atom. The molecule has 1 aromatic rings. The summed E-state index contributed by atoms with van der Waals surface area (Å²) < 4.78 is 50.4. The molecule has 0 bridgehead atoms. The molecule has 2 unspecified atom stereocenters. The minimum Gasteiger partial charge on any atom is -0.492 e. The van der Waals surface area contributed by atoms with Crippen molar-refractivity contribution in [2.45, 2.75) is 89.6 Å². The van der Waals surface area contributed by atoms with Crippen molar-refractivity contribution in [3.05, 3.63) is 34.9 Å². The minimum atomic E-state index is -4.48. The number of fused-ring (bicyclic) bond motifs is 1. The maximum Gasteiger partial charge on any atom is 0.425 e. The number of pyridine rings is 1. The summed E-state index contributed by atoms with van der Waals surface area (Å²) in [6.07, 6.45) is -1.73. The van der Waals surface area contributed by atoms with Crippen LogP contribution in [0.1, 0.15) is 82.3 Å². The molecule has 3 aliphatic rings. The fourth-order valence-corrected chi connectivity index (χ4v) is 4.21. The molecular weight excluding hydrogens is 409 g/mol. The summed E-state index contributed by atoms with van der Waals surface area (Å²) in [5.74, 6) is 0.965. The predicted octanol–water partition coefficient (Wildman–Crippen LogP) is 5.27. The SMILES string of the molecule is C[C@H](Oc1cc(C(=O)NC2(C)CC(OC(C)(C)C)=C3CC32)ncc1C1CC1)C(F)(F)F. The van der Waals surface area contributed by atoms with Gasteiger partial charge in [0, 0.05) is 30.2 Å². The van der Waals surface area contributed by atoms with E-state index in [4.69, 9.17) is 9.47 Å². The van der Waals surface area contributed by atoms with Crippen LogP contribution in [0.15, 0.2) is 23.6 Å². The van der Waals surface area contributed by atoms with Gasteiger partial charge in [0.25, 0.3) is 5.91 Å². The van der Waals surface area contributed by atoms with Gasteiger partial charge in [0.2, 0.25) is 0 Å². The molecule has 1 aromatic heterocycles. The van der Waals surface area contributed by atoms with E-state index >= 15 is 0 Å². The van der Waals surface area contributed by atoms with Gasteiger partial charge in [0.1, 0.15) is 17.0 Å². The van der Waals surface area contributed by atoms with Gasteiger partial charge in [0.05, 0.1) is 11.3 Å². The number of alkyl halides is 3. The predicted molar refractivity (Wildman–Crippen MR) is 109 cm³/mol. The summed E-state index contributed by atoms with van der Waals surface area (Å²) in [7, 11) is 0. The lowest BCUT2D eigenvalue weighted by atomic mass is 9.94. The van der Waals surface area contributed by atoms with Crippen LogP contribution < -0.4 is 10.1 Å². The van der Waals surface area contributed by atoms with E-state index in [9.17, 15) is 18.0 Å². The summed E-state index contributed by atoms with van der Waals surface area (Å²) in [4.78, 5) is 17.2. The van der Waals surface area contributed by atoms with Crippen LogP contribution in [-0.4, -0.2) is 34.3 Å². The normalized spacial score (nSPS) is 26.4. The number of carbonyl (C=O) groups excluding carboxylic acids is 1. The summed E-state index contributed by atoms with van der Waals surface area (Å²) in [6, 6.07) is 1.34. The molecular formula is C23H29F3N2O3. The number of aromatic nitrogens is 1. The standard InChI is InChI=1S/C23H29F3N2O3/c1-12(23(24,25)26)30-18-9-17(27-11-15(18)13-6-7-13)20(29)28-22(5)10-19(14-8-16(14)22)31-21(2,3)4/h9,11-13,16H,6-8,10H2,1-5H3,(H,28,29)/t12-,16?,22?/m0/s1. The monoisotopic (exact) mass is 438 g/mol. The highest BCUT2D eigenvalue weighted by molar-refractivity contribution is 5.93. The van der Waals surface area contributed by atoms with E-state index in [0.29, 0.717) is 12.0 Å². The van der Waals surface area contributed by atoms with Gasteiger partial charge in [-0.3, -0.25) is 9.78 Å². The molecule has 0 aromatic carbocycles. The van der Waals surface area contributed by atoms with Gasteiger partial charge in [-0.1, -0.05) is 0 Å². The largest absolute Gasteiger partial charge is 0.492 e. The van der Waals surface area contributed by atoms with Crippen LogP contribution in [0.3, 0.4) is 0 Å². The van der Waals surface area contributed by atoms with Crippen molar-refractivity contribution < 1.29 is 27.4 Å². The summed E-state index contributed by atoms with van der Waals surface area (Å²) in [5, 5.41) is 3.05. The Balaban J connectivity index is 1.50. The average molecular weight is 438 g/mol. The second-order valence-corrected chi connectivity index (χ2v) is 10.2. The third kappa shape index (κ3) is 4.67. The van der Waals surface area contributed by atoms with Gasteiger partial charge >= 0.3 is 6.18 Å². The van der Waals surface area contributed by atoms with E-state index in [-0.39, 0.29) is 28.9 Å². The van der Waals surface area contributed by atoms with Crippen LogP contribution in [0.4, 0.5) is 13.2 Å². The molecule has 0 aliphatic heterocycles. The number of nitrogens with one attached hydrogen (secondary N) is 1. The van der Waals surface area contributed by atoms with Gasteiger partial charge in [-0.25, -0.2) is 0 Å². The number of hydrogen-bond acceptors (Lipinski definition) is 4. The first-order chi connectivity index (χ1) is 14.3. The number of amides is 1. The van der Waals surface area contributed by atoms with Crippen molar-refractivity contribution >= 4 is 5.91 Å². The second kappa shape index (κ2) is 7.14. The van der Waals surface area contributed by atoms with Crippen molar-refractivity contribution in [2.24, 2.45) is 5.92 Å². The molecule has 0 spiro atoms. The number of rotatable bonds is 6. The van der Waals surface area contributed by atoms with Crippen LogP contribution in [0, 0.1) is 5.92 Å². The van der Waals surface area contributed by atoms with Gasteiger partial charge in [-0.05, 0) is 65.4 Å². The molecule has 1 heterocycles. The Bertz CT molecular complexity index is 931. The summed E-state index contributed by atoms with van der Waals surface area (Å²) in [6.45, 7) is 8.90. The highest BCUT2D eigenvalue weighted by Crippen LogP contribution is 2.57. The smallest absolute Gasteiger partial charge is 0.425 e. The molecule has 31 heavy (non-hydrogen) atoms. The van der Waals surface area contributed by atoms with E-state index in [2.05, 4.69) is 10.3 Å². The first-order valence-electron chi connectivity index (χ1n) is 10.7. The van der Waals surface area contributed by atoms with Crippen molar-refractivity contribution in [1.29, 1.82) is 0 Å². The van der Waals surface area contributed by atoms with Crippen molar-refractivity contribution in [2.75, 3.05) is 0 Å². The molecule has 2 saturated carbocycles. The van der Waals surface area contributed by atoms with Crippen LogP contribution in [0.5, 0.6) is 5.75 Å². The van der Waals surface area contributed by atoms with Crippen LogP contribution in [-0.2, 0) is 4.74 Å². The van der Waals surface area contributed by atoms with E-state index in [1.807, 2.05) is 27.7 Å². The second-order valence-electron chi connectivity index (χ2n) is 10.2. The first-order valence-corrected chi connectivity index (χ1v) is 10.7. The molecule has 170 valence electrons. The molecule has 1 amide bonds. The topological polar surface area (TPSA) is 60.5 Å². The van der Waals surface area contributed by atoms with Crippen molar-refractivity contribution in [1.82, 2.24) is 10.3 Å². The zero-order chi connectivity index (χ0) is 22.8. The molecule has 8 heteroatoms. The van der Waals surface area contributed by atoms with Crippen LogP contribution >= 0.6 is 0 Å². The zero-order valence-electron chi connectivity index (χ0n) is 18.5. The van der Waals surface area contributed by atoms with E-state index in [0.717, 1.165) is 31.9 Å². The third-order valence-corrected chi connectivity index (χ3v) is 6.08. The third-order valence-electron chi connectivity index (χ3n) is 6.08. The Labute approximate surface area is 180 Å². The van der Waals surface area contributed by atoms with Crippen molar-refractivity contribution in [3.8, 4) is 5.75 Å². The number of nitrogens with zero attached hydrogens (tertiary/aromatic N) is 1. The Morgan fingerprint density at radius 2 is 1.97 bits per heavy atom. The number of hydrogen-bond donors (Lipinski definition) is 1. The van der Waals surface area contributed by atoms with Crippen LogP contribution in [0.25, 0.3) is 0 Å². The first kappa shape index (κ1) is 22.0. The number of halogens is 3. The Morgan fingerprint density at radius 1 is 1.29 bits per heavy atom. The quantitative estimate of drug-likeness (QED) is 0.657. The van der Waals surface area contributed by atoms with Crippen molar-refractivity contribution in [3.63, 3.8) is 0 Å². The molecule has 3 atom stereocenters. The van der Waals surface area contributed by atoms with Crippen LogP contribution in [0.2, 0.25) is 0 Å². The summed E-state index contributed by atoms with van der Waals surface area (Å²) in [5.41, 5.74) is 1.11. The lowest BCUT2D eigenvalue weighted by molar-refractivity contribution is -0.189. The number of ether oxygens (including phenoxy) is 2. The lowest BCUT2D eigenvalue weighted by Gasteiger charge is -2.30. The van der Waals surface area contributed by atoms with E-state index < -0.39 is 23.7 Å². The number of carbonyl (C=O) groups is 1. The summed E-state index contributed by atoms with van der Waals surface area (Å²) >= 11 is 0. The fraction of sp³-hybridized carbons (Fsp3) is 0.652. The fourth-order valence-electron chi connectivity index (χ4n) is 4.21. The van der Waals surface area contributed by atoms with Gasteiger partial charge < -0.3 is 14.8 Å². The zero-order valence-corrected chi connectivity index (χ0v) is 18.5. The van der Waals surface area contributed by atoms with E-state index in [1.54, 1.807) is 0 Å². The molecule has 2 fully saturated rings. The van der Waals surface area contributed by atoms with Gasteiger partial charge in [0.15, 0.2) is 6.10 Å². The maximum atomic E-state index is 13.0. The highest BCUT2D eigenvalue weighted by Gasteiger charge is 2.55. The van der Waals surface area contributed by atoms with E-state index in [1.165, 1.54) is 17.8 Å². The molecule has 0 saturated heterocycles. The average Bonchev–Trinajstić information content (AvgIpc) is 3.51. The Kier molecular flexibility index (Phi) is 5.06. The Hall–Kier alpha value is -2.25. The minimum absolute atomic E-state index is 0.0578. The molecule has 5 nitrogen and oxygen atoms in total. The molecule has 1 N–H and O–H groups in total. The maximum absolute atomic E-state index is 13.0. The van der Waals surface area contributed by atoms with Gasteiger partial charge in [-0.2, -0.15) is 13.2 Å². The lowest BCUT2D eigenvalue weighted by Crippen LogP contribution is -2.47. The highest BCUT2D eigenvalue weighted by atomic mass is 19.4. The molecule has 3 aliphatic carbocycles. The molecule has 4 rings (SSSR count). The van der Waals surface area contributed by atoms with Gasteiger partial charge in [-0.15, -0.1) is 0 Å².